The molecule has 1 aliphatic heterocycles. The van der Waals surface area contributed by atoms with Crippen LogP contribution in [-0.2, 0) is 12.8 Å². The summed E-state index contributed by atoms with van der Waals surface area (Å²) in [4.78, 5) is 10.7. The van der Waals surface area contributed by atoms with Crippen molar-refractivity contribution in [3.63, 3.8) is 0 Å². The first-order chi connectivity index (χ1) is 9.70. The standard InChI is InChI=1S/C15H19N5/c16-12-9-20(10-12)14-8-13(18-15(17)19-14)7-6-11-4-2-1-3-5-11/h1-5,8,12H,6-7,9-10,16H2,(H2,17,18,19). The average molecular weight is 269 g/mol. The van der Waals surface area contributed by atoms with Gasteiger partial charge in [0.1, 0.15) is 5.82 Å². The third-order valence-corrected chi connectivity index (χ3v) is 3.53. The largest absolute Gasteiger partial charge is 0.368 e. The van der Waals surface area contributed by atoms with Crippen LogP contribution in [0.4, 0.5) is 11.8 Å². The third-order valence-electron chi connectivity index (χ3n) is 3.53. The first-order valence-electron chi connectivity index (χ1n) is 6.88. The summed E-state index contributed by atoms with van der Waals surface area (Å²) in [5.41, 5.74) is 13.9. The first-order valence-corrected chi connectivity index (χ1v) is 6.88. The van der Waals surface area contributed by atoms with E-state index < -0.39 is 0 Å². The van der Waals surface area contributed by atoms with Crippen molar-refractivity contribution in [2.45, 2.75) is 18.9 Å². The molecule has 0 amide bonds. The Morgan fingerprint density at radius 1 is 1.10 bits per heavy atom. The summed E-state index contributed by atoms with van der Waals surface area (Å²) in [6.45, 7) is 1.68. The molecule has 0 radical (unpaired) electrons. The van der Waals surface area contributed by atoms with Gasteiger partial charge < -0.3 is 16.4 Å². The van der Waals surface area contributed by atoms with Crippen molar-refractivity contribution in [3.05, 3.63) is 47.7 Å². The van der Waals surface area contributed by atoms with Gasteiger partial charge in [0.25, 0.3) is 0 Å². The van der Waals surface area contributed by atoms with E-state index >= 15 is 0 Å². The van der Waals surface area contributed by atoms with Crippen molar-refractivity contribution in [2.24, 2.45) is 5.73 Å². The van der Waals surface area contributed by atoms with Crippen LogP contribution in [0.1, 0.15) is 11.3 Å². The zero-order valence-electron chi connectivity index (χ0n) is 11.4. The minimum Gasteiger partial charge on any atom is -0.368 e. The van der Waals surface area contributed by atoms with E-state index in [-0.39, 0.29) is 6.04 Å². The van der Waals surface area contributed by atoms with Crippen LogP contribution in [-0.4, -0.2) is 29.1 Å². The SMILES string of the molecule is Nc1nc(CCc2ccccc2)cc(N2CC(N)C2)n1. The molecule has 0 unspecified atom stereocenters. The van der Waals surface area contributed by atoms with Gasteiger partial charge in [-0.15, -0.1) is 0 Å². The van der Waals surface area contributed by atoms with Crippen molar-refractivity contribution >= 4 is 11.8 Å². The topological polar surface area (TPSA) is 81.1 Å². The summed E-state index contributed by atoms with van der Waals surface area (Å²) < 4.78 is 0. The van der Waals surface area contributed by atoms with Crippen LogP contribution >= 0.6 is 0 Å². The molecule has 5 nitrogen and oxygen atoms in total. The van der Waals surface area contributed by atoms with Gasteiger partial charge in [-0.25, -0.2) is 4.98 Å². The van der Waals surface area contributed by atoms with Gasteiger partial charge in [-0.1, -0.05) is 30.3 Å². The maximum absolute atomic E-state index is 5.80. The lowest BCUT2D eigenvalue weighted by atomic mass is 10.1. The van der Waals surface area contributed by atoms with Gasteiger partial charge in [0.05, 0.1) is 0 Å². The van der Waals surface area contributed by atoms with Crippen LogP contribution in [0.2, 0.25) is 0 Å². The number of nitrogens with zero attached hydrogens (tertiary/aromatic N) is 3. The quantitative estimate of drug-likeness (QED) is 0.865. The Morgan fingerprint density at radius 2 is 1.85 bits per heavy atom. The molecule has 4 N–H and O–H groups in total. The van der Waals surface area contributed by atoms with E-state index in [1.165, 1.54) is 5.56 Å². The number of nitrogens with two attached hydrogens (primary N) is 2. The molecule has 2 aromatic rings. The number of hydrogen-bond acceptors (Lipinski definition) is 5. The molecule has 0 spiro atoms. The minimum absolute atomic E-state index is 0.249. The molecule has 0 bridgehead atoms. The fourth-order valence-corrected chi connectivity index (χ4v) is 2.41. The molecule has 1 aromatic heterocycles. The van der Waals surface area contributed by atoms with Crippen LogP contribution in [0.25, 0.3) is 0 Å². The van der Waals surface area contributed by atoms with E-state index in [1.54, 1.807) is 0 Å². The Morgan fingerprint density at radius 3 is 2.55 bits per heavy atom. The zero-order valence-corrected chi connectivity index (χ0v) is 11.4. The summed E-state index contributed by atoms with van der Waals surface area (Å²) in [6.07, 6.45) is 1.82. The average Bonchev–Trinajstić information content (AvgIpc) is 2.42. The Hall–Kier alpha value is -2.14. The van der Waals surface area contributed by atoms with Gasteiger partial charge in [-0.05, 0) is 18.4 Å². The number of rotatable bonds is 4. The van der Waals surface area contributed by atoms with Gasteiger partial charge in [0, 0.05) is 30.9 Å². The highest BCUT2D eigenvalue weighted by Crippen LogP contribution is 2.20. The number of hydrogen-bond donors (Lipinski definition) is 2. The molecule has 5 heteroatoms. The lowest BCUT2D eigenvalue weighted by Gasteiger charge is -2.37. The molecule has 20 heavy (non-hydrogen) atoms. The van der Waals surface area contributed by atoms with Crippen LogP contribution in [0.3, 0.4) is 0 Å². The van der Waals surface area contributed by atoms with Crippen molar-refractivity contribution in [1.29, 1.82) is 0 Å². The molecule has 1 aliphatic rings. The second-order valence-electron chi connectivity index (χ2n) is 5.23. The van der Waals surface area contributed by atoms with Crippen LogP contribution in [0.5, 0.6) is 0 Å². The zero-order chi connectivity index (χ0) is 13.9. The molecule has 0 saturated carbocycles. The molecule has 1 fully saturated rings. The van der Waals surface area contributed by atoms with Gasteiger partial charge in [0.15, 0.2) is 0 Å². The van der Waals surface area contributed by atoms with E-state index in [2.05, 4.69) is 39.1 Å². The number of aromatic nitrogens is 2. The molecular weight excluding hydrogens is 250 g/mol. The minimum atomic E-state index is 0.249. The van der Waals surface area contributed by atoms with Crippen molar-refractivity contribution in [1.82, 2.24) is 9.97 Å². The number of aryl methyl sites for hydroxylation is 2. The fourth-order valence-electron chi connectivity index (χ4n) is 2.41. The van der Waals surface area contributed by atoms with Gasteiger partial charge in [-0.2, -0.15) is 4.98 Å². The monoisotopic (exact) mass is 269 g/mol. The first kappa shape index (κ1) is 12.9. The van der Waals surface area contributed by atoms with Gasteiger partial charge in [0.2, 0.25) is 5.95 Å². The summed E-state index contributed by atoms with van der Waals surface area (Å²) in [5, 5.41) is 0. The Labute approximate surface area is 118 Å². The summed E-state index contributed by atoms with van der Waals surface area (Å²) in [5.74, 6) is 1.23. The van der Waals surface area contributed by atoms with Crippen molar-refractivity contribution < 1.29 is 0 Å². The van der Waals surface area contributed by atoms with Gasteiger partial charge >= 0.3 is 0 Å². The Kier molecular flexibility index (Phi) is 3.52. The van der Waals surface area contributed by atoms with Gasteiger partial charge in [-0.3, -0.25) is 0 Å². The smallest absolute Gasteiger partial charge is 0.222 e. The Balaban J connectivity index is 1.70. The van der Waals surface area contributed by atoms with Crippen LogP contribution in [0, 0.1) is 0 Å². The van der Waals surface area contributed by atoms with Crippen LogP contribution in [0.15, 0.2) is 36.4 Å². The molecular formula is C15H19N5. The predicted octanol–water partition coefficient (Wildman–Crippen LogP) is 0.991. The molecule has 1 saturated heterocycles. The third kappa shape index (κ3) is 2.88. The van der Waals surface area contributed by atoms with E-state index in [9.17, 15) is 0 Å². The summed E-state index contributed by atoms with van der Waals surface area (Å²) in [7, 11) is 0. The molecule has 3 rings (SSSR count). The highest BCUT2D eigenvalue weighted by atomic mass is 15.3. The van der Waals surface area contributed by atoms with Crippen LogP contribution < -0.4 is 16.4 Å². The van der Waals surface area contributed by atoms with Crippen molar-refractivity contribution in [3.8, 4) is 0 Å². The lowest BCUT2D eigenvalue weighted by molar-refractivity contribution is 0.514. The number of anilines is 2. The normalized spacial score (nSPS) is 15.2. The molecule has 0 aliphatic carbocycles. The Bertz CT molecular complexity index is 578. The molecule has 104 valence electrons. The van der Waals surface area contributed by atoms with E-state index in [0.717, 1.165) is 37.4 Å². The lowest BCUT2D eigenvalue weighted by Crippen LogP contribution is -2.56. The second-order valence-corrected chi connectivity index (χ2v) is 5.23. The maximum atomic E-state index is 5.80. The summed E-state index contributed by atoms with van der Waals surface area (Å²) >= 11 is 0. The van der Waals surface area contributed by atoms with Crippen molar-refractivity contribution in [2.75, 3.05) is 23.7 Å². The predicted molar refractivity (Wildman–Crippen MR) is 80.5 cm³/mol. The highest BCUT2D eigenvalue weighted by molar-refractivity contribution is 5.46. The summed E-state index contributed by atoms with van der Waals surface area (Å²) in [6, 6.07) is 12.6. The number of benzene rings is 1. The molecule has 1 aromatic carbocycles. The second kappa shape index (κ2) is 5.46. The number of nitrogen functional groups attached to an aromatic ring is 1. The highest BCUT2D eigenvalue weighted by Gasteiger charge is 2.24. The van der Waals surface area contributed by atoms with E-state index in [1.807, 2.05) is 12.1 Å². The van der Waals surface area contributed by atoms with E-state index in [4.69, 9.17) is 11.5 Å². The van der Waals surface area contributed by atoms with E-state index in [0.29, 0.717) is 5.95 Å². The fraction of sp³-hybridized carbons (Fsp3) is 0.333. The maximum Gasteiger partial charge on any atom is 0.222 e. The molecule has 2 heterocycles. The molecule has 0 atom stereocenters.